The summed E-state index contributed by atoms with van der Waals surface area (Å²) < 4.78 is 15.0. The second-order valence-corrected chi connectivity index (χ2v) is 7.97. The summed E-state index contributed by atoms with van der Waals surface area (Å²) in [5, 5.41) is 15.1. The zero-order valence-corrected chi connectivity index (χ0v) is 16.4. The molecule has 2 aromatic heterocycles. The molecule has 29 heavy (non-hydrogen) atoms. The Kier molecular flexibility index (Phi) is 4.13. The molecule has 5 rings (SSSR count). The average Bonchev–Trinajstić information content (AvgIpc) is 3.44. The normalized spacial score (nSPS) is 13.7. The van der Waals surface area contributed by atoms with Crippen LogP contribution in [0.4, 0.5) is 15.2 Å². The predicted octanol–water partition coefficient (Wildman–Crippen LogP) is 4.87. The Balaban J connectivity index is 1.62. The van der Waals surface area contributed by atoms with Crippen molar-refractivity contribution in [3.63, 3.8) is 0 Å². The molecule has 0 bridgehead atoms. The molecule has 1 saturated carbocycles. The molecule has 1 aliphatic carbocycles. The fraction of sp³-hybridized carbons (Fsp3) is 0.182. The largest absolute Gasteiger partial charge is 0.508 e. The number of benzene rings is 2. The molecule has 1 fully saturated rings. The molecule has 4 aromatic rings. The lowest BCUT2D eigenvalue weighted by Gasteiger charge is -2.20. The zero-order valence-electron chi connectivity index (χ0n) is 15.6. The minimum atomic E-state index is -0.296. The van der Waals surface area contributed by atoms with Crippen LogP contribution in [0.1, 0.15) is 18.9 Å². The standard InChI is InChI=1S/C22H17FN3O2S/c1-25(22-24-19(12-29-22)13-2-4-14(23)5-3-13)20-11-26(15-6-7-15)21(28)17-9-8-16(27)10-18(17)20/h2-5,8-11,15,27H,6-7H2,1H3. The van der Waals surface area contributed by atoms with Gasteiger partial charge in [0.25, 0.3) is 5.56 Å². The molecule has 0 unspecified atom stereocenters. The number of pyridine rings is 1. The molecule has 7 heteroatoms. The van der Waals surface area contributed by atoms with E-state index >= 15 is 0 Å². The highest BCUT2D eigenvalue weighted by atomic mass is 32.1. The third kappa shape index (κ3) is 3.17. The van der Waals surface area contributed by atoms with Gasteiger partial charge in [-0.05, 0) is 55.3 Å². The van der Waals surface area contributed by atoms with E-state index in [0.29, 0.717) is 21.6 Å². The van der Waals surface area contributed by atoms with Gasteiger partial charge in [0, 0.05) is 35.6 Å². The number of phenols is 1. The van der Waals surface area contributed by atoms with E-state index < -0.39 is 0 Å². The Morgan fingerprint density at radius 2 is 1.97 bits per heavy atom. The van der Waals surface area contributed by atoms with Gasteiger partial charge in [-0.15, -0.1) is 0 Å². The maximum absolute atomic E-state index is 13.2. The SMILES string of the molecule is CN(c1nc(-c2ccc(F)cc2)[c]s1)c1cn(C2CC2)c(=O)c2ccc(O)cc12. The van der Waals surface area contributed by atoms with Gasteiger partial charge in [-0.25, -0.2) is 9.37 Å². The first kappa shape index (κ1) is 17.9. The molecule has 1 aliphatic rings. The van der Waals surface area contributed by atoms with E-state index in [-0.39, 0.29) is 23.2 Å². The summed E-state index contributed by atoms with van der Waals surface area (Å²) in [5.41, 5.74) is 2.17. The second-order valence-electron chi connectivity index (χ2n) is 7.20. The fourth-order valence-corrected chi connectivity index (χ4v) is 4.16. The first-order chi connectivity index (χ1) is 14.0. The molecule has 2 heterocycles. The molecule has 1 N–H and O–H groups in total. The molecule has 0 spiro atoms. The molecular formula is C22H17FN3O2S. The molecule has 0 saturated heterocycles. The van der Waals surface area contributed by atoms with Gasteiger partial charge < -0.3 is 14.6 Å². The van der Waals surface area contributed by atoms with Gasteiger partial charge >= 0.3 is 0 Å². The first-order valence-corrected chi connectivity index (χ1v) is 10.1. The Labute approximate surface area is 170 Å². The third-order valence-electron chi connectivity index (χ3n) is 5.16. The second kappa shape index (κ2) is 6.70. The van der Waals surface area contributed by atoms with E-state index in [2.05, 4.69) is 10.4 Å². The summed E-state index contributed by atoms with van der Waals surface area (Å²) in [7, 11) is 1.88. The van der Waals surface area contributed by atoms with E-state index in [1.54, 1.807) is 28.8 Å². The van der Waals surface area contributed by atoms with Gasteiger partial charge in [-0.3, -0.25) is 4.79 Å². The van der Waals surface area contributed by atoms with Crippen LogP contribution >= 0.6 is 11.3 Å². The maximum Gasteiger partial charge on any atom is 0.258 e. The number of hydrogen-bond acceptors (Lipinski definition) is 5. The number of hydrogen-bond donors (Lipinski definition) is 1. The van der Waals surface area contributed by atoms with E-state index in [0.717, 1.165) is 24.1 Å². The molecule has 0 amide bonds. The molecule has 2 aromatic carbocycles. The van der Waals surface area contributed by atoms with E-state index in [1.807, 2.05) is 18.1 Å². The zero-order chi connectivity index (χ0) is 20.1. The van der Waals surface area contributed by atoms with Crippen molar-refractivity contribution in [2.24, 2.45) is 0 Å². The number of fused-ring (bicyclic) bond motifs is 1. The highest BCUT2D eigenvalue weighted by Crippen LogP contribution is 2.39. The topological polar surface area (TPSA) is 58.4 Å². The number of halogens is 1. The van der Waals surface area contributed by atoms with Crippen LogP contribution in [0, 0.1) is 11.2 Å². The van der Waals surface area contributed by atoms with Crippen LogP contribution in [-0.2, 0) is 0 Å². The number of nitrogens with zero attached hydrogens (tertiary/aromatic N) is 3. The molecule has 1 radical (unpaired) electrons. The summed E-state index contributed by atoms with van der Waals surface area (Å²) in [6.45, 7) is 0. The fourth-order valence-electron chi connectivity index (χ4n) is 3.43. The van der Waals surface area contributed by atoms with Crippen LogP contribution in [0.3, 0.4) is 0 Å². The lowest BCUT2D eigenvalue weighted by molar-refractivity contribution is 0.476. The summed E-state index contributed by atoms with van der Waals surface area (Å²) in [4.78, 5) is 19.4. The monoisotopic (exact) mass is 406 g/mol. The number of aromatic hydroxyl groups is 1. The van der Waals surface area contributed by atoms with Crippen molar-refractivity contribution in [2.75, 3.05) is 11.9 Å². The smallest absolute Gasteiger partial charge is 0.258 e. The van der Waals surface area contributed by atoms with Gasteiger partial charge in [0.15, 0.2) is 5.13 Å². The van der Waals surface area contributed by atoms with Gasteiger partial charge in [0.05, 0.1) is 16.8 Å². The van der Waals surface area contributed by atoms with Gasteiger partial charge in [0.2, 0.25) is 0 Å². The number of thiazole rings is 1. The van der Waals surface area contributed by atoms with Crippen LogP contribution in [0.25, 0.3) is 22.0 Å². The van der Waals surface area contributed by atoms with E-state index in [1.165, 1.54) is 29.5 Å². The average molecular weight is 406 g/mol. The van der Waals surface area contributed by atoms with Crippen molar-refractivity contribution in [3.8, 4) is 17.0 Å². The Bertz CT molecular complexity index is 1280. The quantitative estimate of drug-likeness (QED) is 0.525. The van der Waals surface area contributed by atoms with Gasteiger partial charge in [0.1, 0.15) is 11.6 Å². The number of rotatable bonds is 4. The van der Waals surface area contributed by atoms with Crippen molar-refractivity contribution in [3.05, 3.63) is 70.2 Å². The van der Waals surface area contributed by atoms with Crippen molar-refractivity contribution in [1.82, 2.24) is 9.55 Å². The molecule has 0 aliphatic heterocycles. The number of aromatic nitrogens is 2. The van der Waals surface area contributed by atoms with Crippen LogP contribution in [-0.4, -0.2) is 21.7 Å². The summed E-state index contributed by atoms with van der Waals surface area (Å²) in [6.07, 6.45) is 3.83. The molecule has 0 atom stereocenters. The minimum Gasteiger partial charge on any atom is -0.508 e. The van der Waals surface area contributed by atoms with Crippen LogP contribution in [0.2, 0.25) is 0 Å². The molecule has 145 valence electrons. The lowest BCUT2D eigenvalue weighted by atomic mass is 10.1. The number of anilines is 2. The third-order valence-corrected chi connectivity index (χ3v) is 6.00. The van der Waals surface area contributed by atoms with Gasteiger partial charge in [-0.2, -0.15) is 0 Å². The van der Waals surface area contributed by atoms with Crippen LogP contribution in [0.5, 0.6) is 5.75 Å². The summed E-state index contributed by atoms with van der Waals surface area (Å²) in [5.74, 6) is -0.191. The Hall–Kier alpha value is -3.19. The van der Waals surface area contributed by atoms with Crippen LogP contribution < -0.4 is 10.5 Å². The van der Waals surface area contributed by atoms with Crippen LogP contribution in [0.15, 0.2) is 53.5 Å². The van der Waals surface area contributed by atoms with Crippen molar-refractivity contribution < 1.29 is 9.50 Å². The van der Waals surface area contributed by atoms with Crippen molar-refractivity contribution in [2.45, 2.75) is 18.9 Å². The van der Waals surface area contributed by atoms with Crippen molar-refractivity contribution >= 4 is 32.9 Å². The Morgan fingerprint density at radius 1 is 1.21 bits per heavy atom. The highest BCUT2D eigenvalue weighted by Gasteiger charge is 2.27. The van der Waals surface area contributed by atoms with Crippen molar-refractivity contribution in [1.29, 1.82) is 0 Å². The number of phenolic OH excluding ortho intramolecular Hbond substituents is 1. The first-order valence-electron chi connectivity index (χ1n) is 9.27. The molecule has 5 nitrogen and oxygen atoms in total. The predicted molar refractivity (Wildman–Crippen MR) is 113 cm³/mol. The minimum absolute atomic E-state index is 0.0441. The maximum atomic E-state index is 13.2. The Morgan fingerprint density at radius 3 is 2.69 bits per heavy atom. The van der Waals surface area contributed by atoms with E-state index in [4.69, 9.17) is 0 Å². The summed E-state index contributed by atoms with van der Waals surface area (Å²) in [6, 6.07) is 11.2. The highest BCUT2D eigenvalue weighted by molar-refractivity contribution is 7.13. The lowest BCUT2D eigenvalue weighted by Crippen LogP contribution is -2.22. The molecular weight excluding hydrogens is 389 g/mol. The van der Waals surface area contributed by atoms with Gasteiger partial charge in [-0.1, -0.05) is 11.3 Å². The summed E-state index contributed by atoms with van der Waals surface area (Å²) >= 11 is 1.34. The van der Waals surface area contributed by atoms with E-state index in [9.17, 15) is 14.3 Å².